The Balaban J connectivity index is 1.53. The Morgan fingerprint density at radius 2 is 1.24 bits per heavy atom. The summed E-state index contributed by atoms with van der Waals surface area (Å²) in [6.45, 7) is -1.85. The molecule has 3 saturated heterocycles. The summed E-state index contributed by atoms with van der Waals surface area (Å²) in [5.74, 6) is -0.231. The van der Waals surface area contributed by atoms with Gasteiger partial charge in [0.05, 0.1) is 33.0 Å². The Hall–Kier alpha value is -1.13. The Kier molecular flexibility index (Phi) is 16.2. The van der Waals surface area contributed by atoms with Gasteiger partial charge in [-0.05, 0) is 12.8 Å². The van der Waals surface area contributed by atoms with Gasteiger partial charge >= 0.3 is 5.97 Å². The van der Waals surface area contributed by atoms with Crippen molar-refractivity contribution < 1.29 is 83.9 Å². The van der Waals surface area contributed by atoms with Crippen LogP contribution in [0.2, 0.25) is 0 Å². The average molecular weight is 659 g/mol. The molecule has 0 aromatic carbocycles. The molecule has 3 fully saturated rings. The first-order valence-corrected chi connectivity index (χ1v) is 15.4. The molecule has 0 unspecified atom stereocenters. The quantitative estimate of drug-likeness (QED) is 0.0539. The Labute approximate surface area is 261 Å². The van der Waals surface area contributed by atoms with Crippen LogP contribution < -0.4 is 0 Å². The number of esters is 1. The molecule has 0 amide bonds. The van der Waals surface area contributed by atoms with Crippen molar-refractivity contribution in [3.05, 3.63) is 0 Å². The zero-order chi connectivity index (χ0) is 33.1. The van der Waals surface area contributed by atoms with Gasteiger partial charge in [0.25, 0.3) is 0 Å². The second kappa shape index (κ2) is 19.0. The van der Waals surface area contributed by atoms with Gasteiger partial charge in [0.15, 0.2) is 18.9 Å². The molecule has 3 aliphatic rings. The molecule has 0 aromatic rings. The zero-order valence-corrected chi connectivity index (χ0v) is 25.4. The number of aliphatic hydroxyl groups is 9. The minimum atomic E-state index is -1.78. The molecular weight excluding hydrogens is 608 g/mol. The normalized spacial score (nSPS) is 40.8. The van der Waals surface area contributed by atoms with Gasteiger partial charge in [-0.1, -0.05) is 25.7 Å². The first-order valence-electron chi connectivity index (χ1n) is 15.4. The smallest absolute Gasteiger partial charge is 0.305 e. The molecule has 3 aliphatic heterocycles. The van der Waals surface area contributed by atoms with Gasteiger partial charge in [0.1, 0.15) is 61.0 Å². The summed E-state index contributed by atoms with van der Waals surface area (Å²) in [6, 6.07) is 0. The van der Waals surface area contributed by atoms with E-state index in [0.717, 1.165) is 32.1 Å². The van der Waals surface area contributed by atoms with Crippen molar-refractivity contribution in [2.75, 3.05) is 33.5 Å². The Morgan fingerprint density at radius 3 is 1.89 bits per heavy atom. The van der Waals surface area contributed by atoms with Crippen LogP contribution in [-0.4, -0.2) is 171 Å². The van der Waals surface area contributed by atoms with Crippen LogP contribution in [0.3, 0.4) is 0 Å². The number of carbonyl (C=O) groups is 1. The number of carbonyl (C=O) groups excluding carboxylic acids is 1. The SMILES string of the molecule is COC(=O)CCCCCCCCO[C@@H]1O[C@H](CO)[C@@H](O[C@@H]2O[C@H](CO)[C@H](O)[C@H](O[C@@H]3C[C@@H](O)[C@@H](O)[C@@H](CO)O3)[C@H]2O)[C@H](O)[C@H]1O. The lowest BCUT2D eigenvalue weighted by Crippen LogP contribution is -2.65. The van der Waals surface area contributed by atoms with Crippen molar-refractivity contribution in [3.8, 4) is 0 Å². The van der Waals surface area contributed by atoms with E-state index in [1.807, 2.05) is 0 Å². The fourth-order valence-corrected chi connectivity index (χ4v) is 5.55. The molecule has 0 bridgehead atoms. The third-order valence-corrected chi connectivity index (χ3v) is 8.24. The van der Waals surface area contributed by atoms with E-state index in [1.54, 1.807) is 0 Å². The van der Waals surface area contributed by atoms with Crippen molar-refractivity contribution in [1.29, 1.82) is 0 Å². The molecule has 3 rings (SSSR count). The third-order valence-electron chi connectivity index (χ3n) is 8.24. The van der Waals surface area contributed by atoms with Crippen LogP contribution in [0.5, 0.6) is 0 Å². The number of methoxy groups -OCH3 is 1. The van der Waals surface area contributed by atoms with Gasteiger partial charge in [-0.15, -0.1) is 0 Å². The molecular formula is C28H50O17. The number of ether oxygens (including phenoxy) is 7. The van der Waals surface area contributed by atoms with E-state index in [9.17, 15) is 50.8 Å². The molecule has 45 heavy (non-hydrogen) atoms. The molecule has 17 heteroatoms. The largest absolute Gasteiger partial charge is 0.469 e. The zero-order valence-electron chi connectivity index (χ0n) is 25.4. The molecule has 9 N–H and O–H groups in total. The summed E-state index contributed by atoms with van der Waals surface area (Å²) in [5.41, 5.74) is 0. The average Bonchev–Trinajstić information content (AvgIpc) is 3.03. The summed E-state index contributed by atoms with van der Waals surface area (Å²) in [5, 5.41) is 92.5. The summed E-state index contributed by atoms with van der Waals surface area (Å²) >= 11 is 0. The second-order valence-corrected chi connectivity index (χ2v) is 11.5. The summed E-state index contributed by atoms with van der Waals surface area (Å²) in [6.07, 6.45) is -15.3. The lowest BCUT2D eigenvalue weighted by molar-refractivity contribution is -0.373. The lowest BCUT2D eigenvalue weighted by atomic mass is 9.96. The predicted molar refractivity (Wildman–Crippen MR) is 148 cm³/mol. The molecule has 264 valence electrons. The maximum absolute atomic E-state index is 11.1. The number of hydrogen-bond acceptors (Lipinski definition) is 17. The molecule has 3 heterocycles. The van der Waals surface area contributed by atoms with E-state index in [0.29, 0.717) is 12.8 Å². The lowest BCUT2D eigenvalue weighted by Gasteiger charge is -2.47. The summed E-state index contributed by atoms with van der Waals surface area (Å²) in [7, 11) is 1.36. The van der Waals surface area contributed by atoms with Gasteiger partial charge < -0.3 is 79.1 Å². The molecule has 0 saturated carbocycles. The maximum atomic E-state index is 11.1. The van der Waals surface area contributed by atoms with E-state index in [-0.39, 0.29) is 19.0 Å². The molecule has 0 spiro atoms. The number of rotatable bonds is 17. The molecule has 14 atom stereocenters. The monoisotopic (exact) mass is 658 g/mol. The minimum Gasteiger partial charge on any atom is -0.469 e. The fraction of sp³-hybridized carbons (Fsp3) is 0.964. The van der Waals surface area contributed by atoms with Crippen molar-refractivity contribution in [1.82, 2.24) is 0 Å². The highest BCUT2D eigenvalue weighted by molar-refractivity contribution is 5.68. The van der Waals surface area contributed by atoms with E-state index in [4.69, 9.17) is 28.4 Å². The van der Waals surface area contributed by atoms with Crippen LogP contribution in [0.4, 0.5) is 0 Å². The Bertz CT molecular complexity index is 850. The first kappa shape index (κ1) is 38.3. The highest BCUT2D eigenvalue weighted by Crippen LogP contribution is 2.32. The first-order chi connectivity index (χ1) is 21.6. The van der Waals surface area contributed by atoms with Crippen LogP contribution in [0.25, 0.3) is 0 Å². The third kappa shape index (κ3) is 10.4. The van der Waals surface area contributed by atoms with Gasteiger partial charge in [0.2, 0.25) is 0 Å². The van der Waals surface area contributed by atoms with Gasteiger partial charge in [0, 0.05) is 19.4 Å². The van der Waals surface area contributed by atoms with Crippen molar-refractivity contribution in [2.24, 2.45) is 0 Å². The van der Waals surface area contributed by atoms with Crippen LogP contribution >= 0.6 is 0 Å². The van der Waals surface area contributed by atoms with E-state index in [1.165, 1.54) is 7.11 Å². The highest BCUT2D eigenvalue weighted by Gasteiger charge is 2.52. The molecule has 0 aliphatic carbocycles. The van der Waals surface area contributed by atoms with Crippen molar-refractivity contribution in [2.45, 2.75) is 137 Å². The van der Waals surface area contributed by atoms with E-state index < -0.39 is 106 Å². The number of aliphatic hydroxyl groups excluding tert-OH is 9. The number of unbranched alkanes of at least 4 members (excludes halogenated alkanes) is 5. The van der Waals surface area contributed by atoms with E-state index >= 15 is 0 Å². The molecule has 17 nitrogen and oxygen atoms in total. The molecule has 0 radical (unpaired) electrons. The van der Waals surface area contributed by atoms with Crippen LogP contribution in [0, 0.1) is 0 Å². The minimum absolute atomic E-state index is 0.200. The van der Waals surface area contributed by atoms with Crippen molar-refractivity contribution >= 4 is 5.97 Å². The Morgan fingerprint density at radius 1 is 0.644 bits per heavy atom. The van der Waals surface area contributed by atoms with Crippen LogP contribution in [0.15, 0.2) is 0 Å². The standard InChI is InChI=1S/C28H50O17/c1-39-18(33)8-6-4-2-3-5-7-9-40-27-23(37)22(36)25(17(13-31)43-27)45-28-24(38)26(21(35)16(12-30)42-28)44-19-10-14(32)20(34)15(11-29)41-19/h14-17,19-32,34-38H,2-13H2,1H3/t14-,15-,16-,17-,19-,20-,21+,22-,23-,24-,25-,26+,27-,28+/m1/s1. The highest BCUT2D eigenvalue weighted by atomic mass is 16.8. The topological polar surface area (TPSA) is 264 Å². The number of hydrogen-bond donors (Lipinski definition) is 9. The second-order valence-electron chi connectivity index (χ2n) is 11.5. The molecule has 0 aromatic heterocycles. The maximum Gasteiger partial charge on any atom is 0.305 e. The van der Waals surface area contributed by atoms with Gasteiger partial charge in [-0.25, -0.2) is 0 Å². The van der Waals surface area contributed by atoms with Crippen LogP contribution in [0.1, 0.15) is 51.4 Å². The summed E-state index contributed by atoms with van der Waals surface area (Å²) in [4.78, 5) is 11.1. The van der Waals surface area contributed by atoms with E-state index in [2.05, 4.69) is 4.74 Å². The van der Waals surface area contributed by atoms with Gasteiger partial charge in [-0.2, -0.15) is 0 Å². The fourth-order valence-electron chi connectivity index (χ4n) is 5.55. The van der Waals surface area contributed by atoms with Crippen molar-refractivity contribution in [3.63, 3.8) is 0 Å². The van der Waals surface area contributed by atoms with Crippen LogP contribution in [-0.2, 0) is 38.0 Å². The van der Waals surface area contributed by atoms with Gasteiger partial charge in [-0.3, -0.25) is 4.79 Å². The predicted octanol–water partition coefficient (Wildman–Crippen LogP) is -3.62. The summed E-state index contributed by atoms with van der Waals surface area (Å²) < 4.78 is 38.2.